The molecule has 2 N–H and O–H groups in total. The van der Waals surface area contributed by atoms with Crippen molar-refractivity contribution in [2.24, 2.45) is 0 Å². The maximum atomic E-state index is 13.7. The number of amides is 1. The summed E-state index contributed by atoms with van der Waals surface area (Å²) in [6.45, 7) is 0.443. The van der Waals surface area contributed by atoms with Crippen molar-refractivity contribution in [3.05, 3.63) is 108 Å². The number of carbonyl (C=O) groups is 1. The first kappa shape index (κ1) is 21.8. The Balaban J connectivity index is 1.75. The molecule has 0 aliphatic rings. The van der Waals surface area contributed by atoms with E-state index in [4.69, 9.17) is 9.26 Å². The van der Waals surface area contributed by atoms with Crippen LogP contribution in [0.2, 0.25) is 0 Å². The van der Waals surface area contributed by atoms with Gasteiger partial charge in [-0.2, -0.15) is 0 Å². The van der Waals surface area contributed by atoms with Crippen molar-refractivity contribution in [1.82, 2.24) is 10.4 Å². The highest BCUT2D eigenvalue weighted by atomic mass is 31.2. The van der Waals surface area contributed by atoms with Crippen molar-refractivity contribution in [3.63, 3.8) is 0 Å². The Hall–Kier alpha value is -2.92. The van der Waals surface area contributed by atoms with Gasteiger partial charge in [0.25, 0.3) is 7.52 Å². The lowest BCUT2D eigenvalue weighted by atomic mass is 10.2. The molecule has 156 valence electrons. The lowest BCUT2D eigenvalue weighted by Gasteiger charge is -2.27. The molecule has 1 amide bonds. The number of carbonyl (C=O) groups excluding carboxylic acids is 1. The predicted molar refractivity (Wildman–Crippen MR) is 117 cm³/mol. The summed E-state index contributed by atoms with van der Waals surface area (Å²) in [5.74, 6) is -0.907. The highest BCUT2D eigenvalue weighted by molar-refractivity contribution is 7.57. The van der Waals surface area contributed by atoms with Gasteiger partial charge in [-0.25, -0.2) is 9.88 Å². The smallest absolute Gasteiger partial charge is 0.408 e. The standard InChI is InChI=1S/C23H25N2O4P/c1-28-30(27,24-17-19-11-5-2-6-12-19)22(21-15-9-4-10-16-21)25-23(26)29-18-20-13-7-3-8-14-20/h2-16,22H,17-18H2,1H3,(H,24,27)(H,25,26)/t22-,30?/m0/s1. The van der Waals surface area contributed by atoms with E-state index in [9.17, 15) is 9.36 Å². The summed E-state index contributed by atoms with van der Waals surface area (Å²) in [5, 5.41) is 5.72. The number of rotatable bonds is 9. The number of ether oxygens (including phenoxy) is 1. The molecule has 0 bridgehead atoms. The molecule has 0 aromatic heterocycles. The molecule has 3 aromatic rings. The molecule has 30 heavy (non-hydrogen) atoms. The third-order valence-electron chi connectivity index (χ3n) is 4.54. The first-order chi connectivity index (χ1) is 14.6. The molecule has 7 heteroatoms. The fraction of sp³-hybridized carbons (Fsp3) is 0.174. The van der Waals surface area contributed by atoms with Crippen molar-refractivity contribution in [2.45, 2.75) is 18.9 Å². The van der Waals surface area contributed by atoms with Gasteiger partial charge in [0.15, 0.2) is 0 Å². The Morgan fingerprint density at radius 2 is 1.40 bits per heavy atom. The van der Waals surface area contributed by atoms with Crippen molar-refractivity contribution in [3.8, 4) is 0 Å². The van der Waals surface area contributed by atoms with Crippen molar-refractivity contribution in [1.29, 1.82) is 0 Å². The van der Waals surface area contributed by atoms with Gasteiger partial charge in [0.05, 0.1) is 0 Å². The van der Waals surface area contributed by atoms with Gasteiger partial charge in [0.1, 0.15) is 12.4 Å². The fourth-order valence-corrected chi connectivity index (χ4v) is 4.70. The predicted octanol–water partition coefficient (Wildman–Crippen LogP) is 5.24. The monoisotopic (exact) mass is 424 g/mol. The summed E-state index contributed by atoms with van der Waals surface area (Å²) in [6.07, 6.45) is -0.675. The van der Waals surface area contributed by atoms with Gasteiger partial charge in [0, 0.05) is 13.7 Å². The molecule has 2 atom stereocenters. The van der Waals surface area contributed by atoms with Crippen LogP contribution < -0.4 is 10.4 Å². The lowest BCUT2D eigenvalue weighted by molar-refractivity contribution is 0.137. The zero-order valence-electron chi connectivity index (χ0n) is 16.7. The van der Waals surface area contributed by atoms with Crippen LogP contribution in [0, 0.1) is 0 Å². The van der Waals surface area contributed by atoms with Crippen LogP contribution in [0.25, 0.3) is 0 Å². The van der Waals surface area contributed by atoms with E-state index in [1.807, 2.05) is 78.9 Å². The number of alkyl carbamates (subject to hydrolysis) is 1. The molecule has 0 aliphatic carbocycles. The van der Waals surface area contributed by atoms with Gasteiger partial charge >= 0.3 is 6.09 Å². The number of hydrogen-bond acceptors (Lipinski definition) is 4. The normalized spacial score (nSPS) is 13.8. The minimum absolute atomic E-state index is 0.114. The highest BCUT2D eigenvalue weighted by Crippen LogP contribution is 2.54. The Morgan fingerprint density at radius 3 is 1.97 bits per heavy atom. The van der Waals surface area contributed by atoms with Crippen LogP contribution in [0.4, 0.5) is 4.79 Å². The minimum atomic E-state index is -3.51. The van der Waals surface area contributed by atoms with Crippen LogP contribution in [0.1, 0.15) is 22.5 Å². The third kappa shape index (κ3) is 6.04. The Bertz CT molecular complexity index is 968. The fourth-order valence-electron chi connectivity index (χ4n) is 2.93. The Morgan fingerprint density at radius 1 is 0.867 bits per heavy atom. The molecule has 0 saturated heterocycles. The van der Waals surface area contributed by atoms with Crippen LogP contribution in [0.5, 0.6) is 0 Å². The van der Waals surface area contributed by atoms with E-state index in [2.05, 4.69) is 10.4 Å². The zero-order valence-corrected chi connectivity index (χ0v) is 17.6. The molecule has 0 saturated carbocycles. The molecule has 0 heterocycles. The maximum Gasteiger partial charge on any atom is 0.408 e. The average molecular weight is 424 g/mol. The van der Waals surface area contributed by atoms with E-state index in [0.717, 1.165) is 11.1 Å². The summed E-state index contributed by atoms with van der Waals surface area (Å²) in [5.41, 5.74) is 2.47. The van der Waals surface area contributed by atoms with E-state index in [1.54, 1.807) is 12.1 Å². The summed E-state index contributed by atoms with van der Waals surface area (Å²) < 4.78 is 24.4. The maximum absolute atomic E-state index is 13.7. The Labute approximate surface area is 176 Å². The molecule has 1 unspecified atom stereocenters. The average Bonchev–Trinajstić information content (AvgIpc) is 2.81. The second kappa shape index (κ2) is 10.7. The molecule has 6 nitrogen and oxygen atoms in total. The molecule has 3 rings (SSSR count). The second-order valence-corrected chi connectivity index (χ2v) is 9.01. The van der Waals surface area contributed by atoms with Crippen LogP contribution in [0.15, 0.2) is 91.0 Å². The van der Waals surface area contributed by atoms with Crippen LogP contribution in [-0.2, 0) is 27.0 Å². The summed E-state index contributed by atoms with van der Waals surface area (Å²) in [6, 6.07) is 28.0. The molecule has 0 spiro atoms. The molecule has 0 radical (unpaired) electrons. The molecule has 3 aromatic carbocycles. The van der Waals surface area contributed by atoms with E-state index in [0.29, 0.717) is 12.1 Å². The number of nitrogens with one attached hydrogen (secondary N) is 2. The quantitative estimate of drug-likeness (QED) is 0.460. The summed E-state index contributed by atoms with van der Waals surface area (Å²) in [4.78, 5) is 12.5. The van der Waals surface area contributed by atoms with E-state index in [1.165, 1.54) is 7.11 Å². The molecular weight excluding hydrogens is 399 g/mol. The first-order valence-corrected chi connectivity index (χ1v) is 11.3. The van der Waals surface area contributed by atoms with Gasteiger partial charge in [-0.05, 0) is 16.7 Å². The number of hydrogen-bond donors (Lipinski definition) is 2. The molecule has 0 fully saturated rings. The van der Waals surface area contributed by atoms with Gasteiger partial charge in [-0.15, -0.1) is 0 Å². The topological polar surface area (TPSA) is 76.7 Å². The zero-order chi connectivity index (χ0) is 21.2. The third-order valence-corrected chi connectivity index (χ3v) is 6.79. The van der Waals surface area contributed by atoms with E-state index >= 15 is 0 Å². The van der Waals surface area contributed by atoms with Crippen LogP contribution in [-0.4, -0.2) is 13.2 Å². The molecule has 0 aliphatic heterocycles. The van der Waals surface area contributed by atoms with Gasteiger partial charge in [0.2, 0.25) is 0 Å². The van der Waals surface area contributed by atoms with Gasteiger partial charge in [-0.3, -0.25) is 4.57 Å². The van der Waals surface area contributed by atoms with Gasteiger partial charge in [-0.1, -0.05) is 91.0 Å². The van der Waals surface area contributed by atoms with Crippen LogP contribution >= 0.6 is 7.52 Å². The highest BCUT2D eigenvalue weighted by Gasteiger charge is 2.36. The lowest BCUT2D eigenvalue weighted by Crippen LogP contribution is -2.32. The van der Waals surface area contributed by atoms with Crippen LogP contribution in [0.3, 0.4) is 0 Å². The second-order valence-electron chi connectivity index (χ2n) is 6.62. The largest absolute Gasteiger partial charge is 0.445 e. The minimum Gasteiger partial charge on any atom is -0.445 e. The molecular formula is C23H25N2O4P. The van der Waals surface area contributed by atoms with E-state index in [-0.39, 0.29) is 6.61 Å². The Kier molecular flexibility index (Phi) is 7.80. The van der Waals surface area contributed by atoms with Crippen molar-refractivity contribution < 1.29 is 18.6 Å². The SMILES string of the molecule is COP(=O)(NCc1ccccc1)[C@H](NC(=O)OCc1ccccc1)c1ccccc1. The van der Waals surface area contributed by atoms with Crippen molar-refractivity contribution in [2.75, 3.05) is 7.11 Å². The first-order valence-electron chi connectivity index (χ1n) is 9.57. The van der Waals surface area contributed by atoms with Gasteiger partial charge < -0.3 is 14.6 Å². The summed E-state index contributed by atoms with van der Waals surface area (Å²) >= 11 is 0. The number of benzene rings is 3. The van der Waals surface area contributed by atoms with E-state index < -0.39 is 19.4 Å². The summed E-state index contributed by atoms with van der Waals surface area (Å²) in [7, 11) is -2.14. The van der Waals surface area contributed by atoms with Crippen molar-refractivity contribution >= 4 is 13.6 Å².